The fourth-order valence-electron chi connectivity index (χ4n) is 8.32. The molecule has 2 fully saturated rings. The Bertz CT molecular complexity index is 672. The normalized spacial score (nSPS) is 43.0. The van der Waals surface area contributed by atoms with Crippen LogP contribution in [0, 0.1) is 40.4 Å². The highest BCUT2D eigenvalue weighted by atomic mass is 16.3. The van der Waals surface area contributed by atoms with Gasteiger partial charge in [0.1, 0.15) is 0 Å². The van der Waals surface area contributed by atoms with Crippen LogP contribution in [0.4, 0.5) is 0 Å². The van der Waals surface area contributed by atoms with Crippen molar-refractivity contribution in [2.45, 2.75) is 111 Å². The topological polar surface area (TPSA) is 20.2 Å². The molecule has 0 aromatic heterocycles. The molecule has 0 spiro atoms. The lowest BCUT2D eigenvalue weighted by atomic mass is 9.50. The van der Waals surface area contributed by atoms with Crippen molar-refractivity contribution in [1.82, 2.24) is 0 Å². The minimum atomic E-state index is -0.0404. The fourth-order valence-corrected chi connectivity index (χ4v) is 8.32. The molecule has 29 heavy (non-hydrogen) atoms. The van der Waals surface area contributed by atoms with Gasteiger partial charge in [-0.25, -0.2) is 0 Å². The molecule has 3 unspecified atom stereocenters. The van der Waals surface area contributed by atoms with Crippen molar-refractivity contribution < 1.29 is 5.11 Å². The van der Waals surface area contributed by atoms with E-state index in [4.69, 9.17) is 0 Å². The Morgan fingerprint density at radius 2 is 1.83 bits per heavy atom. The molecule has 4 aliphatic rings. The Morgan fingerprint density at radius 3 is 2.55 bits per heavy atom. The third-order valence-electron chi connectivity index (χ3n) is 10.5. The first-order valence-electron chi connectivity index (χ1n) is 12.7. The second kappa shape index (κ2) is 7.85. The summed E-state index contributed by atoms with van der Waals surface area (Å²) in [6.07, 6.45) is 14.1. The molecular weight excluding hydrogens is 352 g/mol. The van der Waals surface area contributed by atoms with Gasteiger partial charge in [0.15, 0.2) is 0 Å². The number of hydrogen-bond acceptors (Lipinski definition) is 1. The molecule has 1 nitrogen and oxygen atoms in total. The average molecular weight is 399 g/mol. The molecule has 0 heterocycles. The third kappa shape index (κ3) is 3.58. The van der Waals surface area contributed by atoms with Crippen LogP contribution in [-0.2, 0) is 0 Å². The zero-order valence-corrected chi connectivity index (χ0v) is 19.9. The number of allylic oxidation sites excluding steroid dienone is 3. The molecule has 4 aliphatic carbocycles. The quantitative estimate of drug-likeness (QED) is 0.470. The van der Waals surface area contributed by atoms with E-state index in [0.29, 0.717) is 16.7 Å². The first-order chi connectivity index (χ1) is 13.7. The van der Waals surface area contributed by atoms with Crippen molar-refractivity contribution in [2.75, 3.05) is 0 Å². The standard InChI is InChI=1S/C28H46O/c1-18(2)19(3)7-8-20(4)24-11-12-25-23-10-9-21-17-22(29)13-15-27(21,5)26(23)14-16-28(24,25)6/h18,20-22,24-25,29H,3,7-17H2,1-2,4-6H3/t20-,21?,22+,24?,25?,27+,28-/m1/s1. The van der Waals surface area contributed by atoms with Gasteiger partial charge in [-0.2, -0.15) is 0 Å². The number of rotatable bonds is 5. The highest BCUT2D eigenvalue weighted by molar-refractivity contribution is 5.34. The first-order valence-corrected chi connectivity index (χ1v) is 12.7. The molecule has 164 valence electrons. The summed E-state index contributed by atoms with van der Waals surface area (Å²) in [4.78, 5) is 0. The van der Waals surface area contributed by atoms with E-state index in [1.54, 1.807) is 0 Å². The van der Waals surface area contributed by atoms with Crippen molar-refractivity contribution in [3.8, 4) is 0 Å². The van der Waals surface area contributed by atoms with Crippen LogP contribution < -0.4 is 0 Å². The predicted octanol–water partition coefficient (Wildman–Crippen LogP) is 7.70. The van der Waals surface area contributed by atoms with E-state index in [9.17, 15) is 5.11 Å². The first kappa shape index (κ1) is 21.7. The maximum absolute atomic E-state index is 10.2. The zero-order chi connectivity index (χ0) is 21.0. The minimum absolute atomic E-state index is 0.0404. The highest BCUT2D eigenvalue weighted by Gasteiger charge is 2.55. The smallest absolute Gasteiger partial charge is 0.0543 e. The summed E-state index contributed by atoms with van der Waals surface area (Å²) in [5, 5.41) is 10.2. The van der Waals surface area contributed by atoms with E-state index >= 15 is 0 Å². The van der Waals surface area contributed by atoms with Gasteiger partial charge in [0.25, 0.3) is 0 Å². The zero-order valence-electron chi connectivity index (χ0n) is 19.9. The van der Waals surface area contributed by atoms with E-state index in [2.05, 4.69) is 41.2 Å². The Labute approximate surface area is 180 Å². The van der Waals surface area contributed by atoms with Crippen LogP contribution in [-0.4, -0.2) is 11.2 Å². The molecule has 0 radical (unpaired) electrons. The molecule has 0 saturated heterocycles. The highest BCUT2D eigenvalue weighted by Crippen LogP contribution is 2.66. The minimum Gasteiger partial charge on any atom is -0.393 e. The summed E-state index contributed by atoms with van der Waals surface area (Å²) in [7, 11) is 0. The SMILES string of the molecule is C=C(CC[C@@H](C)C1CCC2C3=C(CC[C@@]21C)[C@@]1(C)CC[C@H](O)CC1CC3)C(C)C. The Hall–Kier alpha value is -0.560. The van der Waals surface area contributed by atoms with Crippen LogP contribution in [0.15, 0.2) is 23.3 Å². The molecule has 1 heteroatoms. The second-order valence-electron chi connectivity index (χ2n) is 12.2. The van der Waals surface area contributed by atoms with Gasteiger partial charge >= 0.3 is 0 Å². The molecule has 0 aromatic rings. The maximum atomic E-state index is 10.2. The largest absolute Gasteiger partial charge is 0.393 e. The van der Waals surface area contributed by atoms with Gasteiger partial charge in [0.05, 0.1) is 6.10 Å². The van der Waals surface area contributed by atoms with Crippen molar-refractivity contribution in [1.29, 1.82) is 0 Å². The Morgan fingerprint density at radius 1 is 1.07 bits per heavy atom. The van der Waals surface area contributed by atoms with E-state index in [0.717, 1.165) is 36.5 Å². The lowest BCUT2D eigenvalue weighted by Crippen LogP contribution is -2.45. The summed E-state index contributed by atoms with van der Waals surface area (Å²) < 4.78 is 0. The van der Waals surface area contributed by atoms with Crippen molar-refractivity contribution in [3.05, 3.63) is 23.3 Å². The molecular formula is C28H46O. The van der Waals surface area contributed by atoms with Gasteiger partial charge in [0.2, 0.25) is 0 Å². The summed E-state index contributed by atoms with van der Waals surface area (Å²) in [6, 6.07) is 0. The predicted molar refractivity (Wildman–Crippen MR) is 124 cm³/mol. The molecule has 4 rings (SSSR count). The van der Waals surface area contributed by atoms with Gasteiger partial charge in [-0.1, -0.05) is 57.9 Å². The molecule has 0 aliphatic heterocycles. The van der Waals surface area contributed by atoms with Crippen molar-refractivity contribution in [3.63, 3.8) is 0 Å². The second-order valence-corrected chi connectivity index (χ2v) is 12.2. The third-order valence-corrected chi connectivity index (χ3v) is 10.5. The average Bonchev–Trinajstić information content (AvgIpc) is 3.03. The lowest BCUT2D eigenvalue weighted by molar-refractivity contribution is 0.0133. The van der Waals surface area contributed by atoms with Crippen LogP contribution in [0.2, 0.25) is 0 Å². The van der Waals surface area contributed by atoms with Gasteiger partial charge in [-0.15, -0.1) is 0 Å². The van der Waals surface area contributed by atoms with Crippen LogP contribution in [0.3, 0.4) is 0 Å². The van der Waals surface area contributed by atoms with Crippen LogP contribution in [0.25, 0.3) is 0 Å². The van der Waals surface area contributed by atoms with E-state index in [-0.39, 0.29) is 6.10 Å². The number of hydrogen-bond donors (Lipinski definition) is 1. The Balaban J connectivity index is 1.53. The van der Waals surface area contributed by atoms with E-state index in [1.807, 2.05) is 11.1 Å². The van der Waals surface area contributed by atoms with Crippen LogP contribution in [0.1, 0.15) is 105 Å². The monoisotopic (exact) mass is 398 g/mol. The van der Waals surface area contributed by atoms with Gasteiger partial charge < -0.3 is 5.11 Å². The fraction of sp³-hybridized carbons (Fsp3) is 0.857. The number of fused-ring (bicyclic) bond motifs is 4. The van der Waals surface area contributed by atoms with Crippen molar-refractivity contribution >= 4 is 0 Å². The van der Waals surface area contributed by atoms with Gasteiger partial charge in [0, 0.05) is 0 Å². The molecule has 7 atom stereocenters. The van der Waals surface area contributed by atoms with Crippen molar-refractivity contribution in [2.24, 2.45) is 40.4 Å². The van der Waals surface area contributed by atoms with Crippen LogP contribution in [0.5, 0.6) is 0 Å². The molecule has 2 saturated carbocycles. The molecule has 0 bridgehead atoms. The molecule has 1 N–H and O–H groups in total. The molecule has 0 aromatic carbocycles. The molecule has 0 amide bonds. The van der Waals surface area contributed by atoms with E-state index < -0.39 is 0 Å². The van der Waals surface area contributed by atoms with E-state index in [1.165, 1.54) is 63.4 Å². The van der Waals surface area contributed by atoms with Gasteiger partial charge in [-0.05, 0) is 111 Å². The summed E-state index contributed by atoms with van der Waals surface area (Å²) in [6.45, 7) is 16.7. The van der Waals surface area contributed by atoms with Crippen LogP contribution >= 0.6 is 0 Å². The number of aliphatic hydroxyl groups excluding tert-OH is 1. The summed E-state index contributed by atoms with van der Waals surface area (Å²) >= 11 is 0. The Kier molecular flexibility index (Phi) is 5.86. The lowest BCUT2D eigenvalue weighted by Gasteiger charge is -2.55. The summed E-state index contributed by atoms with van der Waals surface area (Å²) in [5.74, 6) is 3.91. The maximum Gasteiger partial charge on any atom is 0.0543 e. The summed E-state index contributed by atoms with van der Waals surface area (Å²) in [5.41, 5.74) is 6.12. The number of aliphatic hydroxyl groups is 1. The van der Waals surface area contributed by atoms with Gasteiger partial charge in [-0.3, -0.25) is 0 Å².